The molecule has 1 amide bonds. The Labute approximate surface area is 146 Å². The van der Waals surface area contributed by atoms with Crippen molar-refractivity contribution in [3.8, 4) is 5.75 Å². The van der Waals surface area contributed by atoms with E-state index in [0.717, 1.165) is 4.90 Å². The zero-order chi connectivity index (χ0) is 17.5. The molecule has 3 nitrogen and oxygen atoms in total. The lowest BCUT2D eigenvalue weighted by atomic mass is 10.1. The number of halogens is 1. The molecule has 0 fully saturated rings. The monoisotopic (exact) mass is 347 g/mol. The van der Waals surface area contributed by atoms with E-state index in [1.807, 2.05) is 44.2 Å². The molecule has 1 N–H and O–H groups in total. The SMILES string of the molecule is COc1ccc(C(C)NC(=O)C(C)CSc2ccccc2)cc1F. The van der Waals surface area contributed by atoms with Gasteiger partial charge in [-0.1, -0.05) is 31.2 Å². The van der Waals surface area contributed by atoms with Crippen LogP contribution in [-0.2, 0) is 4.79 Å². The van der Waals surface area contributed by atoms with Gasteiger partial charge in [0.05, 0.1) is 13.2 Å². The van der Waals surface area contributed by atoms with Crippen LogP contribution in [0, 0.1) is 11.7 Å². The Morgan fingerprint density at radius 2 is 1.92 bits per heavy atom. The molecule has 0 aliphatic heterocycles. The van der Waals surface area contributed by atoms with Gasteiger partial charge in [0.2, 0.25) is 5.91 Å². The molecule has 0 aromatic heterocycles. The van der Waals surface area contributed by atoms with Gasteiger partial charge in [0.15, 0.2) is 11.6 Å². The highest BCUT2D eigenvalue weighted by atomic mass is 32.2. The van der Waals surface area contributed by atoms with Crippen LogP contribution in [0.1, 0.15) is 25.5 Å². The Kier molecular flexibility index (Phi) is 6.67. The molecule has 24 heavy (non-hydrogen) atoms. The maximum absolute atomic E-state index is 13.8. The van der Waals surface area contributed by atoms with E-state index in [1.54, 1.807) is 23.9 Å². The minimum atomic E-state index is -0.427. The average molecular weight is 347 g/mol. The van der Waals surface area contributed by atoms with Gasteiger partial charge in [-0.25, -0.2) is 4.39 Å². The number of ether oxygens (including phenoxy) is 1. The Hall–Kier alpha value is -2.01. The molecule has 5 heteroatoms. The summed E-state index contributed by atoms with van der Waals surface area (Å²) in [5.74, 6) is 0.288. The molecule has 0 aliphatic rings. The Morgan fingerprint density at radius 1 is 1.21 bits per heavy atom. The van der Waals surface area contributed by atoms with Gasteiger partial charge in [-0.15, -0.1) is 11.8 Å². The first-order chi connectivity index (χ1) is 11.5. The van der Waals surface area contributed by atoms with Crippen LogP contribution in [0.2, 0.25) is 0 Å². The fourth-order valence-electron chi connectivity index (χ4n) is 2.20. The van der Waals surface area contributed by atoms with Crippen LogP contribution >= 0.6 is 11.8 Å². The molecule has 0 bridgehead atoms. The molecule has 0 saturated carbocycles. The predicted molar refractivity (Wildman–Crippen MR) is 95.8 cm³/mol. The summed E-state index contributed by atoms with van der Waals surface area (Å²) in [6, 6.07) is 14.4. The third-order valence-electron chi connectivity index (χ3n) is 3.73. The van der Waals surface area contributed by atoms with E-state index >= 15 is 0 Å². The van der Waals surface area contributed by atoms with Crippen molar-refractivity contribution in [2.24, 2.45) is 5.92 Å². The minimum Gasteiger partial charge on any atom is -0.494 e. The highest BCUT2D eigenvalue weighted by Gasteiger charge is 2.17. The molecule has 2 aromatic carbocycles. The number of thioether (sulfide) groups is 1. The number of rotatable bonds is 7. The second kappa shape index (κ2) is 8.73. The number of carbonyl (C=O) groups excluding carboxylic acids is 1. The van der Waals surface area contributed by atoms with Crippen LogP contribution in [-0.4, -0.2) is 18.8 Å². The first-order valence-corrected chi connectivity index (χ1v) is 8.81. The lowest BCUT2D eigenvalue weighted by Gasteiger charge is -2.18. The van der Waals surface area contributed by atoms with Crippen molar-refractivity contribution in [2.75, 3.05) is 12.9 Å². The largest absolute Gasteiger partial charge is 0.494 e. The van der Waals surface area contributed by atoms with Crippen LogP contribution in [0.15, 0.2) is 53.4 Å². The Morgan fingerprint density at radius 3 is 2.54 bits per heavy atom. The molecule has 2 rings (SSSR count). The van der Waals surface area contributed by atoms with Crippen LogP contribution in [0.4, 0.5) is 4.39 Å². The number of hydrogen-bond acceptors (Lipinski definition) is 3. The van der Waals surface area contributed by atoms with Gasteiger partial charge in [0.1, 0.15) is 0 Å². The molecule has 0 spiro atoms. The molecular weight excluding hydrogens is 325 g/mol. The summed E-state index contributed by atoms with van der Waals surface area (Å²) in [4.78, 5) is 13.5. The zero-order valence-corrected chi connectivity index (χ0v) is 14.9. The summed E-state index contributed by atoms with van der Waals surface area (Å²) in [5.41, 5.74) is 0.713. The molecule has 2 aromatic rings. The summed E-state index contributed by atoms with van der Waals surface area (Å²) in [5, 5.41) is 2.94. The van der Waals surface area contributed by atoms with E-state index in [0.29, 0.717) is 11.3 Å². The van der Waals surface area contributed by atoms with Crippen molar-refractivity contribution in [3.63, 3.8) is 0 Å². The first-order valence-electron chi connectivity index (χ1n) is 7.83. The standard InChI is InChI=1S/C19H22FNO2S/c1-13(12-24-16-7-5-4-6-8-16)19(22)21-14(2)15-9-10-18(23-3)17(20)11-15/h4-11,13-14H,12H2,1-3H3,(H,21,22). The van der Waals surface area contributed by atoms with E-state index in [1.165, 1.54) is 13.2 Å². The molecule has 0 radical (unpaired) electrons. The maximum atomic E-state index is 13.8. The van der Waals surface area contributed by atoms with Crippen LogP contribution in [0.25, 0.3) is 0 Å². The predicted octanol–water partition coefficient (Wildman–Crippen LogP) is 4.44. The zero-order valence-electron chi connectivity index (χ0n) is 14.1. The molecule has 0 aliphatic carbocycles. The number of amides is 1. The first kappa shape index (κ1) is 18.3. The van der Waals surface area contributed by atoms with E-state index in [9.17, 15) is 9.18 Å². The van der Waals surface area contributed by atoms with Gasteiger partial charge in [-0.05, 0) is 36.8 Å². The third-order valence-corrected chi connectivity index (χ3v) is 5.00. The summed E-state index contributed by atoms with van der Waals surface area (Å²) in [6.45, 7) is 3.74. The smallest absolute Gasteiger partial charge is 0.224 e. The fraction of sp³-hybridized carbons (Fsp3) is 0.316. The maximum Gasteiger partial charge on any atom is 0.224 e. The van der Waals surface area contributed by atoms with Gasteiger partial charge >= 0.3 is 0 Å². The van der Waals surface area contributed by atoms with Crippen molar-refractivity contribution in [1.29, 1.82) is 0 Å². The fourth-order valence-corrected chi connectivity index (χ4v) is 3.15. The molecule has 0 saturated heterocycles. The number of methoxy groups -OCH3 is 1. The molecule has 128 valence electrons. The van der Waals surface area contributed by atoms with Gasteiger partial charge in [0, 0.05) is 16.6 Å². The summed E-state index contributed by atoms with van der Waals surface area (Å²) >= 11 is 1.65. The molecule has 0 heterocycles. The second-order valence-electron chi connectivity index (χ2n) is 5.65. The summed E-state index contributed by atoms with van der Waals surface area (Å²) in [6.07, 6.45) is 0. The average Bonchev–Trinajstić information content (AvgIpc) is 2.60. The topological polar surface area (TPSA) is 38.3 Å². The Bertz CT molecular complexity index is 678. The Balaban J connectivity index is 1.89. The van der Waals surface area contributed by atoms with E-state index < -0.39 is 5.82 Å². The second-order valence-corrected chi connectivity index (χ2v) is 6.74. The van der Waals surface area contributed by atoms with Gasteiger partial charge in [0.25, 0.3) is 0 Å². The van der Waals surface area contributed by atoms with E-state index in [2.05, 4.69) is 5.32 Å². The van der Waals surface area contributed by atoms with Crippen molar-refractivity contribution in [1.82, 2.24) is 5.32 Å². The molecular formula is C19H22FNO2S. The quantitative estimate of drug-likeness (QED) is 0.753. The van der Waals surface area contributed by atoms with Crippen LogP contribution < -0.4 is 10.1 Å². The number of benzene rings is 2. The van der Waals surface area contributed by atoms with Gasteiger partial charge in [-0.2, -0.15) is 0 Å². The lowest BCUT2D eigenvalue weighted by Crippen LogP contribution is -2.32. The number of carbonyl (C=O) groups is 1. The summed E-state index contributed by atoms with van der Waals surface area (Å²) < 4.78 is 18.7. The normalized spacial score (nSPS) is 13.2. The van der Waals surface area contributed by atoms with Crippen molar-refractivity contribution >= 4 is 17.7 Å². The van der Waals surface area contributed by atoms with Crippen LogP contribution in [0.5, 0.6) is 5.75 Å². The van der Waals surface area contributed by atoms with Gasteiger partial charge in [-0.3, -0.25) is 4.79 Å². The highest BCUT2D eigenvalue weighted by molar-refractivity contribution is 7.99. The molecule has 2 unspecified atom stereocenters. The number of hydrogen-bond donors (Lipinski definition) is 1. The highest BCUT2D eigenvalue weighted by Crippen LogP contribution is 2.23. The van der Waals surface area contributed by atoms with E-state index in [4.69, 9.17) is 4.74 Å². The van der Waals surface area contributed by atoms with Crippen LogP contribution in [0.3, 0.4) is 0 Å². The summed E-state index contributed by atoms with van der Waals surface area (Å²) in [7, 11) is 1.43. The third kappa shape index (κ3) is 4.99. The van der Waals surface area contributed by atoms with E-state index in [-0.39, 0.29) is 23.6 Å². The minimum absolute atomic E-state index is 0.0397. The number of nitrogens with one attached hydrogen (secondary N) is 1. The van der Waals surface area contributed by atoms with Crippen molar-refractivity contribution < 1.29 is 13.9 Å². The van der Waals surface area contributed by atoms with Gasteiger partial charge < -0.3 is 10.1 Å². The molecule has 2 atom stereocenters. The lowest BCUT2D eigenvalue weighted by molar-refractivity contribution is -0.124. The van der Waals surface area contributed by atoms with Crippen molar-refractivity contribution in [3.05, 3.63) is 59.9 Å². The van der Waals surface area contributed by atoms with Crippen molar-refractivity contribution in [2.45, 2.75) is 24.8 Å².